The van der Waals surface area contributed by atoms with Crippen molar-refractivity contribution in [3.05, 3.63) is 29.8 Å². The Morgan fingerprint density at radius 3 is 2.53 bits per heavy atom. The maximum atomic E-state index is 10.9. The summed E-state index contributed by atoms with van der Waals surface area (Å²) in [5.74, 6) is -0.165. The summed E-state index contributed by atoms with van der Waals surface area (Å²) in [4.78, 5) is 10.9. The first-order chi connectivity index (χ1) is 9.07. The van der Waals surface area contributed by atoms with Gasteiger partial charge in [-0.3, -0.25) is 4.79 Å². The third-order valence-electron chi connectivity index (χ3n) is 3.46. The quantitative estimate of drug-likeness (QED) is 0.806. The van der Waals surface area contributed by atoms with E-state index in [1.165, 1.54) is 0 Å². The van der Waals surface area contributed by atoms with Crippen molar-refractivity contribution in [3.8, 4) is 5.75 Å². The molecule has 5 nitrogen and oxygen atoms in total. The maximum Gasteiger partial charge on any atom is 0.320 e. The molecule has 1 unspecified atom stereocenters. The van der Waals surface area contributed by atoms with Gasteiger partial charge in [-0.15, -0.1) is 0 Å². The first-order valence-electron chi connectivity index (χ1n) is 6.37. The Morgan fingerprint density at radius 2 is 2.11 bits per heavy atom. The Balaban J connectivity index is 2.14. The van der Waals surface area contributed by atoms with Crippen molar-refractivity contribution in [3.63, 3.8) is 0 Å². The number of carboxylic acids is 1. The SMILES string of the molecule is CCOc1ccc(C2(CC(N)C(=O)O)COC2)cc1. The molecule has 0 spiro atoms. The molecule has 0 bridgehead atoms. The number of hydrogen-bond acceptors (Lipinski definition) is 4. The molecule has 1 fully saturated rings. The minimum absolute atomic E-state index is 0.275. The number of aliphatic carboxylic acids is 1. The molecule has 0 saturated carbocycles. The lowest BCUT2D eigenvalue weighted by molar-refractivity contribution is -0.141. The molecule has 1 aliphatic heterocycles. The summed E-state index contributed by atoms with van der Waals surface area (Å²) < 4.78 is 10.7. The fraction of sp³-hybridized carbons (Fsp3) is 0.500. The van der Waals surface area contributed by atoms with Gasteiger partial charge in [0.2, 0.25) is 0 Å². The average molecular weight is 265 g/mol. The standard InChI is InChI=1S/C14H19NO4/c1-2-19-11-5-3-10(4-6-11)14(8-18-9-14)7-12(15)13(16)17/h3-6,12H,2,7-9,15H2,1H3,(H,16,17). The fourth-order valence-corrected chi connectivity index (χ4v) is 2.33. The van der Waals surface area contributed by atoms with Gasteiger partial charge in [-0.1, -0.05) is 12.1 Å². The molecule has 1 saturated heterocycles. The van der Waals surface area contributed by atoms with Gasteiger partial charge in [0.05, 0.1) is 19.8 Å². The molecular formula is C14H19NO4. The van der Waals surface area contributed by atoms with E-state index in [1.54, 1.807) is 0 Å². The zero-order valence-electron chi connectivity index (χ0n) is 11.0. The van der Waals surface area contributed by atoms with Crippen LogP contribution in [0.1, 0.15) is 18.9 Å². The van der Waals surface area contributed by atoms with Crippen molar-refractivity contribution >= 4 is 5.97 Å². The number of benzene rings is 1. The van der Waals surface area contributed by atoms with Gasteiger partial charge in [-0.25, -0.2) is 0 Å². The smallest absolute Gasteiger partial charge is 0.320 e. The van der Waals surface area contributed by atoms with Gasteiger partial charge in [0, 0.05) is 5.41 Å². The van der Waals surface area contributed by atoms with Gasteiger partial charge < -0.3 is 20.3 Å². The van der Waals surface area contributed by atoms with Gasteiger partial charge in [-0.2, -0.15) is 0 Å². The second kappa shape index (κ2) is 5.59. The highest BCUT2D eigenvalue weighted by Gasteiger charge is 2.42. The van der Waals surface area contributed by atoms with Crippen LogP contribution in [0.3, 0.4) is 0 Å². The summed E-state index contributed by atoms with van der Waals surface area (Å²) in [5.41, 5.74) is 6.43. The molecule has 1 atom stereocenters. The van der Waals surface area contributed by atoms with Crippen LogP contribution in [0, 0.1) is 0 Å². The Bertz CT molecular complexity index is 439. The summed E-state index contributed by atoms with van der Waals surface area (Å²) >= 11 is 0. The molecule has 1 heterocycles. The summed E-state index contributed by atoms with van der Waals surface area (Å²) in [6, 6.07) is 6.84. The lowest BCUT2D eigenvalue weighted by Crippen LogP contribution is -2.51. The van der Waals surface area contributed by atoms with Crippen molar-refractivity contribution in [1.82, 2.24) is 0 Å². The lowest BCUT2D eigenvalue weighted by atomic mass is 9.74. The number of rotatable bonds is 6. The monoisotopic (exact) mass is 265 g/mol. The molecule has 0 aromatic heterocycles. The van der Waals surface area contributed by atoms with Crippen LogP contribution in [0.15, 0.2) is 24.3 Å². The van der Waals surface area contributed by atoms with Crippen LogP contribution in [0.5, 0.6) is 5.75 Å². The van der Waals surface area contributed by atoms with Gasteiger partial charge in [0.25, 0.3) is 0 Å². The normalized spacial score (nSPS) is 18.4. The topological polar surface area (TPSA) is 81.8 Å². The van der Waals surface area contributed by atoms with E-state index in [0.29, 0.717) is 26.2 Å². The molecule has 0 radical (unpaired) electrons. The van der Waals surface area contributed by atoms with Crippen molar-refractivity contribution in [2.24, 2.45) is 5.73 Å². The summed E-state index contributed by atoms with van der Waals surface area (Å²) in [6.07, 6.45) is 0.385. The van der Waals surface area contributed by atoms with Crippen LogP contribution in [0.2, 0.25) is 0 Å². The van der Waals surface area contributed by atoms with E-state index in [1.807, 2.05) is 31.2 Å². The van der Waals surface area contributed by atoms with Crippen LogP contribution in [0.4, 0.5) is 0 Å². The van der Waals surface area contributed by atoms with E-state index in [9.17, 15) is 4.79 Å². The van der Waals surface area contributed by atoms with Gasteiger partial charge >= 0.3 is 5.97 Å². The molecule has 0 amide bonds. The Kier molecular flexibility index (Phi) is 4.07. The van der Waals surface area contributed by atoms with Crippen LogP contribution < -0.4 is 10.5 Å². The zero-order chi connectivity index (χ0) is 13.9. The van der Waals surface area contributed by atoms with Gasteiger partial charge in [0.1, 0.15) is 11.8 Å². The van der Waals surface area contributed by atoms with E-state index in [0.717, 1.165) is 11.3 Å². The molecule has 5 heteroatoms. The Hall–Kier alpha value is -1.59. The van der Waals surface area contributed by atoms with Crippen LogP contribution in [0.25, 0.3) is 0 Å². The third kappa shape index (κ3) is 2.88. The van der Waals surface area contributed by atoms with Crippen molar-refractivity contribution in [2.45, 2.75) is 24.8 Å². The molecule has 1 aliphatic rings. The first kappa shape index (κ1) is 13.8. The maximum absolute atomic E-state index is 10.9. The number of carbonyl (C=O) groups is 1. The second-order valence-corrected chi connectivity index (χ2v) is 4.88. The van der Waals surface area contributed by atoms with E-state index >= 15 is 0 Å². The predicted molar refractivity (Wildman–Crippen MR) is 70.3 cm³/mol. The average Bonchev–Trinajstić information content (AvgIpc) is 2.35. The zero-order valence-corrected chi connectivity index (χ0v) is 11.0. The predicted octanol–water partition coefficient (Wildman–Crippen LogP) is 1.16. The third-order valence-corrected chi connectivity index (χ3v) is 3.46. The highest BCUT2D eigenvalue weighted by atomic mass is 16.5. The molecule has 104 valence electrons. The first-order valence-corrected chi connectivity index (χ1v) is 6.37. The molecule has 3 N–H and O–H groups in total. The fourth-order valence-electron chi connectivity index (χ4n) is 2.33. The minimum Gasteiger partial charge on any atom is -0.494 e. The minimum atomic E-state index is -0.975. The number of hydrogen-bond donors (Lipinski definition) is 2. The van der Waals surface area contributed by atoms with Crippen molar-refractivity contribution < 1.29 is 19.4 Å². The van der Waals surface area contributed by atoms with Crippen molar-refractivity contribution in [2.75, 3.05) is 19.8 Å². The summed E-state index contributed by atoms with van der Waals surface area (Å²) in [7, 11) is 0. The number of ether oxygens (including phenoxy) is 2. The molecular weight excluding hydrogens is 246 g/mol. The van der Waals surface area contributed by atoms with Crippen LogP contribution in [-0.2, 0) is 14.9 Å². The lowest BCUT2D eigenvalue weighted by Gasteiger charge is -2.43. The van der Waals surface area contributed by atoms with Gasteiger partial charge in [-0.05, 0) is 31.0 Å². The van der Waals surface area contributed by atoms with Crippen LogP contribution in [-0.4, -0.2) is 36.9 Å². The van der Waals surface area contributed by atoms with E-state index in [2.05, 4.69) is 0 Å². The molecule has 19 heavy (non-hydrogen) atoms. The highest BCUT2D eigenvalue weighted by Crippen LogP contribution is 2.37. The number of carboxylic acid groups (broad SMARTS) is 1. The highest BCUT2D eigenvalue weighted by molar-refractivity contribution is 5.73. The van der Waals surface area contributed by atoms with Crippen molar-refractivity contribution in [1.29, 1.82) is 0 Å². The molecule has 0 aliphatic carbocycles. The van der Waals surface area contributed by atoms with Gasteiger partial charge in [0.15, 0.2) is 0 Å². The Labute approximate surface area is 112 Å². The Morgan fingerprint density at radius 1 is 1.47 bits per heavy atom. The molecule has 2 rings (SSSR count). The molecule has 1 aromatic carbocycles. The molecule has 1 aromatic rings. The largest absolute Gasteiger partial charge is 0.494 e. The summed E-state index contributed by atoms with van der Waals surface area (Å²) in [5, 5.41) is 8.94. The van der Waals surface area contributed by atoms with E-state index < -0.39 is 12.0 Å². The number of nitrogens with two attached hydrogens (primary N) is 1. The van der Waals surface area contributed by atoms with Crippen LogP contribution >= 0.6 is 0 Å². The van der Waals surface area contributed by atoms with E-state index in [-0.39, 0.29) is 5.41 Å². The summed E-state index contributed by atoms with van der Waals surface area (Å²) in [6.45, 7) is 3.59. The second-order valence-electron chi connectivity index (χ2n) is 4.88. The van der Waals surface area contributed by atoms with E-state index in [4.69, 9.17) is 20.3 Å².